The molecule has 70 heavy (non-hydrogen) atoms. The molecule has 4 amide bonds. The van der Waals surface area contributed by atoms with Crippen LogP contribution in [0.4, 0.5) is 9.59 Å². The van der Waals surface area contributed by atoms with Gasteiger partial charge in [0.05, 0.1) is 32.8 Å². The van der Waals surface area contributed by atoms with Crippen molar-refractivity contribution < 1.29 is 66.9 Å². The molecule has 3 aliphatic heterocycles. The van der Waals surface area contributed by atoms with E-state index in [0.29, 0.717) is 57.3 Å². The van der Waals surface area contributed by atoms with Gasteiger partial charge >= 0.3 is 24.1 Å². The van der Waals surface area contributed by atoms with Crippen LogP contribution >= 0.6 is 0 Å². The molecule has 6 rings (SSSR count). The van der Waals surface area contributed by atoms with Crippen molar-refractivity contribution in [2.75, 3.05) is 59.0 Å². The number of Topliss-reactive ketones (excluding diaryl/α,β-unsaturated/α-hetero) is 4. The minimum atomic E-state index is -0.776. The largest absolute Gasteiger partial charge is 0.465 e. The highest BCUT2D eigenvalue weighted by Crippen LogP contribution is 2.19. The van der Waals surface area contributed by atoms with Crippen molar-refractivity contribution in [3.63, 3.8) is 0 Å². The van der Waals surface area contributed by atoms with Crippen molar-refractivity contribution in [2.45, 2.75) is 78.9 Å². The van der Waals surface area contributed by atoms with Crippen molar-refractivity contribution in [1.29, 1.82) is 0 Å². The Labute approximate surface area is 407 Å². The molecule has 19 nitrogen and oxygen atoms in total. The standard InChI is InChI=1S/C17H21NO5.C17H21NO4.C13H15NO3.C4H6N2O2/c1-2-22-16(20)14-9-6-10-18(11-15(14)19)17(21)23-12-13-7-4-3-5-8-13;1-2-22-17(21)14-11-18(10-6-9-15(14)19)12-16(20)13-7-4-3-5-8-13;15-12-7-4-8-14(9-12)13(16)17-10-11-5-2-1-3-6-11;1-2-4(8)6-5-3-7/h3-5,7-8,14H,2,6,9-12H2,1H3;3-5,7-8,14H,2,6,9-12H2,1H3;1-3,5-6H,4,7-10H2;3H,2H2,1H3. The zero-order valence-corrected chi connectivity index (χ0v) is 40.1. The summed E-state index contributed by atoms with van der Waals surface area (Å²) in [4.78, 5) is 119. The number of carbonyl (C=O) groups excluding carboxylic acids is 10. The molecule has 0 radical (unpaired) electrons. The van der Waals surface area contributed by atoms with Gasteiger partial charge in [0.2, 0.25) is 0 Å². The molecule has 3 fully saturated rings. The molecule has 3 saturated heterocycles. The SMILES string of the molecule is CCC(=O)N=NC=O.CCOC(=O)C1CCCN(C(=O)OCc2ccccc2)CC1=O.CCOC(=O)C1CN(CC(=O)c2ccccc2)CCCC1=O.O=C1CCCN(C(=O)OCc2ccccc2)C1. The molecule has 376 valence electrons. The summed E-state index contributed by atoms with van der Waals surface area (Å²) in [5.74, 6) is -3.19. The summed E-state index contributed by atoms with van der Waals surface area (Å²) >= 11 is 0. The van der Waals surface area contributed by atoms with Crippen LogP contribution in [0.2, 0.25) is 0 Å². The fourth-order valence-electron chi connectivity index (χ4n) is 7.06. The summed E-state index contributed by atoms with van der Waals surface area (Å²) in [6.45, 7) is 8.17. The van der Waals surface area contributed by atoms with E-state index in [-0.39, 0.29) is 94.5 Å². The number of amides is 4. The molecule has 0 bridgehead atoms. The summed E-state index contributed by atoms with van der Waals surface area (Å²) in [6.07, 6.45) is 2.88. The number of rotatable bonds is 13. The highest BCUT2D eigenvalue weighted by Gasteiger charge is 2.34. The molecule has 0 aliphatic carbocycles. The number of carbonyl (C=O) groups is 10. The number of azo groups is 1. The fraction of sp³-hybridized carbons (Fsp3) is 0.451. The normalized spacial score (nSPS) is 17.0. The average Bonchev–Trinajstić information content (AvgIpc) is 3.70. The van der Waals surface area contributed by atoms with E-state index in [0.717, 1.165) is 17.5 Å². The van der Waals surface area contributed by atoms with Crippen LogP contribution in [0, 0.1) is 11.8 Å². The lowest BCUT2D eigenvalue weighted by Gasteiger charge is -2.24. The average molecular weight is 970 g/mol. The predicted octanol–water partition coefficient (Wildman–Crippen LogP) is 6.40. The summed E-state index contributed by atoms with van der Waals surface area (Å²) in [6, 6.07) is 27.9. The van der Waals surface area contributed by atoms with Gasteiger partial charge in [-0.05, 0) is 57.2 Å². The smallest absolute Gasteiger partial charge is 0.410 e. The van der Waals surface area contributed by atoms with Crippen LogP contribution in [-0.4, -0.2) is 133 Å². The predicted molar refractivity (Wildman–Crippen MR) is 253 cm³/mol. The number of benzene rings is 3. The van der Waals surface area contributed by atoms with E-state index >= 15 is 0 Å². The minimum absolute atomic E-state index is 0.00226. The molecule has 2 atom stereocenters. The van der Waals surface area contributed by atoms with E-state index in [2.05, 4.69) is 10.2 Å². The number of nitrogens with zero attached hydrogens (tertiary/aromatic N) is 5. The van der Waals surface area contributed by atoms with Crippen LogP contribution in [0.15, 0.2) is 101 Å². The Morgan fingerprint density at radius 1 is 0.614 bits per heavy atom. The van der Waals surface area contributed by atoms with Gasteiger partial charge < -0.3 is 28.7 Å². The Morgan fingerprint density at radius 2 is 1.13 bits per heavy atom. The molecule has 0 spiro atoms. The van der Waals surface area contributed by atoms with Gasteiger partial charge in [0.1, 0.15) is 30.8 Å². The second kappa shape index (κ2) is 32.5. The molecule has 3 aliphatic rings. The summed E-state index contributed by atoms with van der Waals surface area (Å²) in [5, 5.41) is 5.82. The Hall–Kier alpha value is -7.28. The number of ether oxygens (including phenoxy) is 4. The van der Waals surface area contributed by atoms with Crippen molar-refractivity contribution in [1.82, 2.24) is 14.7 Å². The number of ketones is 4. The lowest BCUT2D eigenvalue weighted by atomic mass is 10.00. The maximum atomic E-state index is 12.3. The summed E-state index contributed by atoms with van der Waals surface area (Å²) < 4.78 is 20.3. The van der Waals surface area contributed by atoms with Gasteiger partial charge in [0.15, 0.2) is 17.3 Å². The first kappa shape index (κ1) is 57.0. The van der Waals surface area contributed by atoms with Crippen molar-refractivity contribution >= 4 is 59.6 Å². The lowest BCUT2D eigenvalue weighted by Crippen LogP contribution is -2.40. The molecule has 0 N–H and O–H groups in total. The highest BCUT2D eigenvalue weighted by atomic mass is 16.6. The maximum Gasteiger partial charge on any atom is 0.410 e. The Kier molecular flexibility index (Phi) is 26.5. The number of piperidine rings is 1. The van der Waals surface area contributed by atoms with E-state index in [1.807, 2.05) is 83.8 Å². The third-order valence-electron chi connectivity index (χ3n) is 10.7. The Bertz CT molecular complexity index is 2210. The van der Waals surface area contributed by atoms with Crippen LogP contribution < -0.4 is 0 Å². The Balaban J connectivity index is 0.000000260. The molecule has 3 heterocycles. The van der Waals surface area contributed by atoms with Gasteiger partial charge in [0, 0.05) is 44.5 Å². The van der Waals surface area contributed by atoms with Gasteiger partial charge in [0.25, 0.3) is 12.3 Å². The second-order valence-electron chi connectivity index (χ2n) is 15.9. The van der Waals surface area contributed by atoms with Crippen LogP contribution in [0.5, 0.6) is 0 Å². The van der Waals surface area contributed by atoms with E-state index < -0.39 is 36.0 Å². The molecule has 2 unspecified atom stereocenters. The topological polar surface area (TPSA) is 242 Å². The van der Waals surface area contributed by atoms with Gasteiger partial charge in [-0.25, -0.2) is 9.59 Å². The van der Waals surface area contributed by atoms with Crippen LogP contribution in [0.1, 0.15) is 87.2 Å². The second-order valence-corrected chi connectivity index (χ2v) is 15.9. The third kappa shape index (κ3) is 21.3. The fourth-order valence-corrected chi connectivity index (χ4v) is 7.06. The number of likely N-dealkylation sites (tertiary alicyclic amines) is 3. The number of esters is 2. The van der Waals surface area contributed by atoms with Gasteiger partial charge in [-0.2, -0.15) is 0 Å². The van der Waals surface area contributed by atoms with Gasteiger partial charge in [-0.1, -0.05) is 97.9 Å². The zero-order chi connectivity index (χ0) is 51.1. The molecule has 3 aromatic carbocycles. The monoisotopic (exact) mass is 969 g/mol. The van der Waals surface area contributed by atoms with Crippen LogP contribution in [0.3, 0.4) is 0 Å². The summed E-state index contributed by atoms with van der Waals surface area (Å²) in [7, 11) is 0. The quantitative estimate of drug-likeness (QED) is 0.0449. The molecule has 0 aromatic heterocycles. The zero-order valence-electron chi connectivity index (χ0n) is 40.1. The molecule has 0 saturated carbocycles. The molecule has 19 heteroatoms. The van der Waals surface area contributed by atoms with Crippen molar-refractivity contribution in [3.8, 4) is 0 Å². The number of hydrogen-bond acceptors (Lipinski definition) is 15. The molecule has 3 aromatic rings. The molecular weight excluding hydrogens is 907 g/mol. The third-order valence-corrected chi connectivity index (χ3v) is 10.7. The van der Waals surface area contributed by atoms with E-state index in [9.17, 15) is 47.9 Å². The van der Waals surface area contributed by atoms with Crippen molar-refractivity contribution in [3.05, 3.63) is 108 Å². The highest BCUT2D eigenvalue weighted by molar-refractivity contribution is 6.01. The van der Waals surface area contributed by atoms with E-state index in [1.54, 1.807) is 32.9 Å². The lowest BCUT2D eigenvalue weighted by molar-refractivity contribution is -0.153. The minimum Gasteiger partial charge on any atom is -0.465 e. The van der Waals surface area contributed by atoms with E-state index in [4.69, 9.17) is 18.9 Å². The Morgan fingerprint density at radius 3 is 1.66 bits per heavy atom. The first-order chi connectivity index (χ1) is 33.8. The summed E-state index contributed by atoms with van der Waals surface area (Å²) in [5.41, 5.74) is 2.47. The first-order valence-electron chi connectivity index (χ1n) is 23.3. The van der Waals surface area contributed by atoms with Crippen molar-refractivity contribution in [2.24, 2.45) is 22.1 Å². The van der Waals surface area contributed by atoms with Gasteiger partial charge in [-0.3, -0.25) is 43.3 Å². The maximum absolute atomic E-state index is 12.3. The molecular formula is C51H63N5O14. The van der Waals surface area contributed by atoms with Crippen LogP contribution in [0.25, 0.3) is 0 Å². The number of hydrogen-bond donors (Lipinski definition) is 0. The van der Waals surface area contributed by atoms with E-state index in [1.165, 1.54) is 9.80 Å². The van der Waals surface area contributed by atoms with Crippen LogP contribution in [-0.2, 0) is 65.7 Å². The van der Waals surface area contributed by atoms with Gasteiger partial charge in [-0.15, -0.1) is 10.2 Å². The first-order valence-corrected chi connectivity index (χ1v) is 23.3.